The summed E-state index contributed by atoms with van der Waals surface area (Å²) in [5.74, 6) is 2.86. The molecular formula is C12H14BrN5. The number of hydrogen-bond acceptors (Lipinski definition) is 4. The molecule has 0 aromatic carbocycles. The summed E-state index contributed by atoms with van der Waals surface area (Å²) in [5.41, 5.74) is 1.09. The van der Waals surface area contributed by atoms with Crippen LogP contribution in [0.25, 0.3) is 11.6 Å². The Balaban J connectivity index is 2.15. The van der Waals surface area contributed by atoms with Crippen LogP contribution in [0.15, 0.2) is 16.9 Å². The summed E-state index contributed by atoms with van der Waals surface area (Å²) < 4.78 is 2.91. The number of aromatic nitrogens is 4. The van der Waals surface area contributed by atoms with Crippen LogP contribution in [-0.4, -0.2) is 26.6 Å². The minimum Gasteiger partial charge on any atom is -0.372 e. The largest absolute Gasteiger partial charge is 0.372 e. The second-order valence-electron chi connectivity index (χ2n) is 4.48. The summed E-state index contributed by atoms with van der Waals surface area (Å²) in [7, 11) is 3.82. The second kappa shape index (κ2) is 4.35. The van der Waals surface area contributed by atoms with Gasteiger partial charge in [-0.3, -0.25) is 0 Å². The number of halogens is 1. The molecule has 0 amide bonds. The molecule has 2 aromatic rings. The smallest absolute Gasteiger partial charge is 0.198 e. The molecule has 1 fully saturated rings. The highest BCUT2D eigenvalue weighted by atomic mass is 79.9. The average Bonchev–Trinajstić information content (AvgIpc) is 3.12. The molecule has 1 aliphatic rings. The lowest BCUT2D eigenvalue weighted by molar-refractivity contribution is 0.891. The average molecular weight is 308 g/mol. The number of aryl methyl sites for hydroxylation is 1. The number of rotatable bonds is 3. The SMILES string of the molecule is CNc1nc(-c2nccn2C)nc(C2CC2)c1Br. The number of anilines is 1. The molecule has 2 aromatic heterocycles. The molecule has 1 saturated carbocycles. The highest BCUT2D eigenvalue weighted by molar-refractivity contribution is 9.10. The first-order valence-electron chi connectivity index (χ1n) is 5.93. The molecule has 0 radical (unpaired) electrons. The lowest BCUT2D eigenvalue weighted by Gasteiger charge is -2.10. The summed E-state index contributed by atoms with van der Waals surface area (Å²) >= 11 is 3.58. The molecule has 0 bridgehead atoms. The maximum absolute atomic E-state index is 4.66. The third-order valence-electron chi connectivity index (χ3n) is 3.10. The van der Waals surface area contributed by atoms with Crippen molar-refractivity contribution < 1.29 is 0 Å². The van der Waals surface area contributed by atoms with Crippen molar-refractivity contribution in [1.29, 1.82) is 0 Å². The Bertz CT molecular complexity index is 588. The van der Waals surface area contributed by atoms with Crippen molar-refractivity contribution in [3.8, 4) is 11.6 Å². The van der Waals surface area contributed by atoms with Gasteiger partial charge < -0.3 is 9.88 Å². The van der Waals surface area contributed by atoms with Gasteiger partial charge in [0.2, 0.25) is 0 Å². The van der Waals surface area contributed by atoms with Crippen molar-refractivity contribution >= 4 is 21.7 Å². The van der Waals surface area contributed by atoms with E-state index in [9.17, 15) is 0 Å². The lowest BCUT2D eigenvalue weighted by atomic mass is 10.2. The summed E-state index contributed by atoms with van der Waals surface area (Å²) in [5, 5.41) is 3.11. The molecule has 0 unspecified atom stereocenters. The Hall–Kier alpha value is -1.43. The Morgan fingerprint density at radius 2 is 2.17 bits per heavy atom. The molecule has 2 heterocycles. The molecule has 6 heteroatoms. The molecule has 0 saturated heterocycles. The first-order chi connectivity index (χ1) is 8.70. The summed E-state index contributed by atoms with van der Waals surface area (Å²) in [4.78, 5) is 13.5. The fourth-order valence-corrected chi connectivity index (χ4v) is 2.64. The van der Waals surface area contributed by atoms with Gasteiger partial charge in [-0.15, -0.1) is 0 Å². The van der Waals surface area contributed by atoms with Crippen LogP contribution in [0, 0.1) is 0 Å². The quantitative estimate of drug-likeness (QED) is 0.947. The standard InChI is InChI=1S/C12H14BrN5/c1-14-10-8(13)9(7-3-4-7)16-11(17-10)12-15-5-6-18(12)2/h5-7H,3-4H2,1-2H3,(H,14,16,17). The monoisotopic (exact) mass is 307 g/mol. The summed E-state index contributed by atoms with van der Waals surface area (Å²) in [6.45, 7) is 0. The fraction of sp³-hybridized carbons (Fsp3) is 0.417. The molecule has 94 valence electrons. The van der Waals surface area contributed by atoms with Gasteiger partial charge in [0.25, 0.3) is 0 Å². The van der Waals surface area contributed by atoms with Crippen LogP contribution in [-0.2, 0) is 7.05 Å². The van der Waals surface area contributed by atoms with Crippen LogP contribution in [0.4, 0.5) is 5.82 Å². The first-order valence-corrected chi connectivity index (χ1v) is 6.73. The topological polar surface area (TPSA) is 55.6 Å². The van der Waals surface area contributed by atoms with Crippen molar-refractivity contribution in [2.45, 2.75) is 18.8 Å². The van der Waals surface area contributed by atoms with Gasteiger partial charge >= 0.3 is 0 Å². The van der Waals surface area contributed by atoms with Gasteiger partial charge in [0.05, 0.1) is 10.2 Å². The van der Waals surface area contributed by atoms with Gasteiger partial charge in [-0.1, -0.05) is 0 Å². The number of nitrogens with zero attached hydrogens (tertiary/aromatic N) is 4. The number of nitrogens with one attached hydrogen (secondary N) is 1. The van der Waals surface area contributed by atoms with Crippen molar-refractivity contribution in [3.05, 3.63) is 22.6 Å². The minimum absolute atomic E-state index is 0.563. The number of hydrogen-bond donors (Lipinski definition) is 1. The Kier molecular flexibility index (Phi) is 2.81. The molecule has 1 aliphatic carbocycles. The van der Waals surface area contributed by atoms with E-state index in [2.05, 4.69) is 36.2 Å². The number of imidazole rings is 1. The van der Waals surface area contributed by atoms with E-state index in [0.717, 1.165) is 21.8 Å². The highest BCUT2D eigenvalue weighted by Crippen LogP contribution is 2.44. The van der Waals surface area contributed by atoms with Crippen LogP contribution in [0.1, 0.15) is 24.5 Å². The van der Waals surface area contributed by atoms with E-state index in [4.69, 9.17) is 0 Å². The Morgan fingerprint density at radius 1 is 1.39 bits per heavy atom. The zero-order valence-corrected chi connectivity index (χ0v) is 11.9. The van der Waals surface area contributed by atoms with Crippen LogP contribution in [0.3, 0.4) is 0 Å². The lowest BCUT2D eigenvalue weighted by Crippen LogP contribution is -2.05. The minimum atomic E-state index is 0.563. The van der Waals surface area contributed by atoms with Crippen molar-refractivity contribution in [3.63, 3.8) is 0 Å². The molecule has 0 atom stereocenters. The highest BCUT2D eigenvalue weighted by Gasteiger charge is 2.29. The van der Waals surface area contributed by atoms with E-state index in [1.165, 1.54) is 12.8 Å². The zero-order chi connectivity index (χ0) is 12.7. The van der Waals surface area contributed by atoms with Crippen LogP contribution in [0.5, 0.6) is 0 Å². The molecule has 5 nitrogen and oxygen atoms in total. The molecule has 0 aliphatic heterocycles. The van der Waals surface area contributed by atoms with E-state index >= 15 is 0 Å². The van der Waals surface area contributed by atoms with Gasteiger partial charge in [0, 0.05) is 32.4 Å². The van der Waals surface area contributed by atoms with Crippen molar-refractivity contribution in [1.82, 2.24) is 19.5 Å². The van der Waals surface area contributed by atoms with Crippen molar-refractivity contribution in [2.75, 3.05) is 12.4 Å². The van der Waals surface area contributed by atoms with Crippen molar-refractivity contribution in [2.24, 2.45) is 7.05 Å². The molecule has 18 heavy (non-hydrogen) atoms. The third-order valence-corrected chi connectivity index (χ3v) is 3.88. The molecule has 1 N–H and O–H groups in total. The molecule has 3 rings (SSSR count). The predicted octanol–water partition coefficient (Wildman–Crippen LogP) is 2.56. The first kappa shape index (κ1) is 11.6. The van der Waals surface area contributed by atoms with Gasteiger partial charge in [-0.25, -0.2) is 15.0 Å². The summed E-state index contributed by atoms with van der Waals surface area (Å²) in [6, 6.07) is 0. The third kappa shape index (κ3) is 1.90. The van der Waals surface area contributed by atoms with E-state index in [1.807, 2.05) is 24.9 Å². The van der Waals surface area contributed by atoms with Gasteiger partial charge in [0.1, 0.15) is 5.82 Å². The van der Waals surface area contributed by atoms with Gasteiger partial charge in [-0.05, 0) is 28.8 Å². The van der Waals surface area contributed by atoms with E-state index in [0.29, 0.717) is 11.7 Å². The van der Waals surface area contributed by atoms with Gasteiger partial charge in [-0.2, -0.15) is 0 Å². The van der Waals surface area contributed by atoms with Crippen LogP contribution < -0.4 is 5.32 Å². The zero-order valence-electron chi connectivity index (χ0n) is 10.3. The van der Waals surface area contributed by atoms with Crippen LogP contribution in [0.2, 0.25) is 0 Å². The Labute approximate surface area is 114 Å². The van der Waals surface area contributed by atoms with Crippen LogP contribution >= 0.6 is 15.9 Å². The normalized spacial score (nSPS) is 14.8. The second-order valence-corrected chi connectivity index (χ2v) is 5.27. The van der Waals surface area contributed by atoms with Gasteiger partial charge in [0.15, 0.2) is 11.6 Å². The van der Waals surface area contributed by atoms with E-state index in [1.54, 1.807) is 6.20 Å². The fourth-order valence-electron chi connectivity index (χ4n) is 1.94. The maximum atomic E-state index is 4.66. The summed E-state index contributed by atoms with van der Waals surface area (Å²) in [6.07, 6.45) is 6.07. The van der Waals surface area contributed by atoms with E-state index in [-0.39, 0.29) is 0 Å². The maximum Gasteiger partial charge on any atom is 0.198 e. The molecular weight excluding hydrogens is 294 g/mol. The Morgan fingerprint density at radius 3 is 2.72 bits per heavy atom. The molecule has 0 spiro atoms. The predicted molar refractivity (Wildman–Crippen MR) is 73.5 cm³/mol. The van der Waals surface area contributed by atoms with E-state index < -0.39 is 0 Å².